The first-order valence-electron chi connectivity index (χ1n) is 5.60. The van der Waals surface area contributed by atoms with Crippen molar-refractivity contribution in [1.82, 2.24) is 5.32 Å². The summed E-state index contributed by atoms with van der Waals surface area (Å²) in [5.41, 5.74) is 1.21. The van der Waals surface area contributed by atoms with Gasteiger partial charge in [0, 0.05) is 13.0 Å². The van der Waals surface area contributed by atoms with Crippen LogP contribution in [0.5, 0.6) is 5.75 Å². The molecule has 1 rings (SSSR count). The van der Waals surface area contributed by atoms with Crippen molar-refractivity contribution >= 4 is 0 Å². The second kappa shape index (κ2) is 7.72. The van der Waals surface area contributed by atoms with E-state index in [0.29, 0.717) is 13.0 Å². The minimum Gasteiger partial charge on any atom is -0.492 e. The van der Waals surface area contributed by atoms with Gasteiger partial charge in [-0.05, 0) is 37.6 Å². The molecule has 0 fully saturated rings. The predicted octanol–water partition coefficient (Wildman–Crippen LogP) is 2.27. The van der Waals surface area contributed by atoms with Crippen LogP contribution in [0.25, 0.3) is 0 Å². The fourth-order valence-electron chi connectivity index (χ4n) is 1.36. The number of benzene rings is 1. The number of hydrogen-bond acceptors (Lipinski definition) is 3. The van der Waals surface area contributed by atoms with E-state index in [2.05, 4.69) is 11.4 Å². The Bertz CT molecular complexity index is 344. The smallest absolute Gasteiger partial charge is 0.119 e. The minimum atomic E-state index is 0.617. The highest BCUT2D eigenvalue weighted by Crippen LogP contribution is 2.11. The summed E-state index contributed by atoms with van der Waals surface area (Å²) in [6, 6.07) is 10.1. The van der Waals surface area contributed by atoms with E-state index >= 15 is 0 Å². The largest absolute Gasteiger partial charge is 0.492 e. The summed E-state index contributed by atoms with van der Waals surface area (Å²) >= 11 is 0. The van der Waals surface area contributed by atoms with Crippen LogP contribution in [0.2, 0.25) is 0 Å². The normalized spacial score (nSPS) is 9.75. The SMILES string of the molecule is Cc1cccc(OCCNCCCC#N)c1. The Morgan fingerprint density at radius 3 is 3.00 bits per heavy atom. The standard InChI is InChI=1S/C13H18N2O/c1-12-5-4-6-13(11-12)16-10-9-15-8-3-2-7-14/h4-6,11,15H,2-3,8-10H2,1H3. The third-order valence-electron chi connectivity index (χ3n) is 2.18. The second-order valence-electron chi connectivity index (χ2n) is 3.68. The van der Waals surface area contributed by atoms with Crippen LogP contribution in [0.1, 0.15) is 18.4 Å². The molecule has 0 saturated carbocycles. The molecule has 0 radical (unpaired) electrons. The maximum atomic E-state index is 8.34. The molecule has 0 atom stereocenters. The van der Waals surface area contributed by atoms with Gasteiger partial charge in [-0.1, -0.05) is 12.1 Å². The molecule has 1 N–H and O–H groups in total. The fraction of sp³-hybridized carbons (Fsp3) is 0.462. The van der Waals surface area contributed by atoms with Crippen molar-refractivity contribution in [3.05, 3.63) is 29.8 Å². The van der Waals surface area contributed by atoms with Gasteiger partial charge in [0.25, 0.3) is 0 Å². The molecule has 16 heavy (non-hydrogen) atoms. The average Bonchev–Trinajstić information content (AvgIpc) is 2.28. The zero-order valence-electron chi connectivity index (χ0n) is 9.70. The summed E-state index contributed by atoms with van der Waals surface area (Å²) in [6.45, 7) is 4.41. The number of rotatable bonds is 7. The highest BCUT2D eigenvalue weighted by atomic mass is 16.5. The molecule has 3 nitrogen and oxygen atoms in total. The number of ether oxygens (including phenoxy) is 1. The summed E-state index contributed by atoms with van der Waals surface area (Å²) < 4.78 is 5.57. The molecule has 0 aromatic heterocycles. The minimum absolute atomic E-state index is 0.617. The summed E-state index contributed by atoms with van der Waals surface area (Å²) in [6.07, 6.45) is 1.52. The van der Waals surface area contributed by atoms with Crippen molar-refractivity contribution < 1.29 is 4.74 Å². The van der Waals surface area contributed by atoms with Crippen LogP contribution < -0.4 is 10.1 Å². The van der Waals surface area contributed by atoms with Crippen LogP contribution in [-0.2, 0) is 0 Å². The average molecular weight is 218 g/mol. The van der Waals surface area contributed by atoms with Crippen molar-refractivity contribution in [2.24, 2.45) is 0 Å². The number of nitrogens with zero attached hydrogens (tertiary/aromatic N) is 1. The lowest BCUT2D eigenvalue weighted by Gasteiger charge is -2.07. The molecule has 0 bridgehead atoms. The van der Waals surface area contributed by atoms with E-state index in [1.54, 1.807) is 0 Å². The van der Waals surface area contributed by atoms with Gasteiger partial charge in [0.15, 0.2) is 0 Å². The third kappa shape index (κ3) is 5.38. The first kappa shape index (κ1) is 12.5. The first-order valence-corrected chi connectivity index (χ1v) is 5.60. The lowest BCUT2D eigenvalue weighted by atomic mass is 10.2. The number of hydrogen-bond donors (Lipinski definition) is 1. The topological polar surface area (TPSA) is 45.0 Å². The molecule has 0 unspecified atom stereocenters. The van der Waals surface area contributed by atoms with Gasteiger partial charge in [-0.15, -0.1) is 0 Å². The number of nitriles is 1. The quantitative estimate of drug-likeness (QED) is 0.714. The van der Waals surface area contributed by atoms with Gasteiger partial charge in [0.05, 0.1) is 6.07 Å². The Kier molecular flexibility index (Phi) is 6.05. The molecule has 0 spiro atoms. The Morgan fingerprint density at radius 2 is 2.25 bits per heavy atom. The second-order valence-corrected chi connectivity index (χ2v) is 3.68. The zero-order valence-corrected chi connectivity index (χ0v) is 9.70. The summed E-state index contributed by atoms with van der Waals surface area (Å²) in [5, 5.41) is 11.6. The van der Waals surface area contributed by atoms with E-state index in [9.17, 15) is 0 Å². The Hall–Kier alpha value is -1.53. The summed E-state index contributed by atoms with van der Waals surface area (Å²) in [5.74, 6) is 0.916. The Balaban J connectivity index is 2.05. The van der Waals surface area contributed by atoms with Gasteiger partial charge in [-0.25, -0.2) is 0 Å². The van der Waals surface area contributed by atoms with Crippen LogP contribution >= 0.6 is 0 Å². The number of aryl methyl sites for hydroxylation is 1. The van der Waals surface area contributed by atoms with E-state index in [0.717, 1.165) is 25.3 Å². The van der Waals surface area contributed by atoms with Gasteiger partial charge in [-0.3, -0.25) is 0 Å². The van der Waals surface area contributed by atoms with Crippen LogP contribution in [0, 0.1) is 18.3 Å². The Labute approximate surface area is 97.0 Å². The molecule has 0 aliphatic carbocycles. The molecule has 0 saturated heterocycles. The van der Waals surface area contributed by atoms with Gasteiger partial charge in [0.2, 0.25) is 0 Å². The predicted molar refractivity (Wildman–Crippen MR) is 64.4 cm³/mol. The highest BCUT2D eigenvalue weighted by molar-refractivity contribution is 5.27. The monoisotopic (exact) mass is 218 g/mol. The molecule has 86 valence electrons. The molecule has 0 aliphatic heterocycles. The Morgan fingerprint density at radius 1 is 1.38 bits per heavy atom. The van der Waals surface area contributed by atoms with E-state index < -0.39 is 0 Å². The first-order chi connectivity index (χ1) is 7.83. The van der Waals surface area contributed by atoms with Gasteiger partial charge >= 0.3 is 0 Å². The molecular weight excluding hydrogens is 200 g/mol. The molecule has 0 aliphatic rings. The van der Waals surface area contributed by atoms with Crippen molar-refractivity contribution in [2.45, 2.75) is 19.8 Å². The number of unbranched alkanes of at least 4 members (excludes halogenated alkanes) is 1. The van der Waals surface area contributed by atoms with Crippen molar-refractivity contribution in [3.63, 3.8) is 0 Å². The third-order valence-corrected chi connectivity index (χ3v) is 2.18. The molecule has 0 amide bonds. The maximum Gasteiger partial charge on any atom is 0.119 e. The highest BCUT2D eigenvalue weighted by Gasteiger charge is 1.93. The molecular formula is C13H18N2O. The van der Waals surface area contributed by atoms with E-state index in [4.69, 9.17) is 10.00 Å². The van der Waals surface area contributed by atoms with Crippen LogP contribution in [0.3, 0.4) is 0 Å². The lowest BCUT2D eigenvalue weighted by Crippen LogP contribution is -2.22. The maximum absolute atomic E-state index is 8.34. The molecule has 1 aromatic carbocycles. The van der Waals surface area contributed by atoms with Crippen molar-refractivity contribution in [3.8, 4) is 11.8 Å². The van der Waals surface area contributed by atoms with Crippen LogP contribution in [0.15, 0.2) is 24.3 Å². The zero-order chi connectivity index (χ0) is 11.6. The molecule has 3 heteroatoms. The van der Waals surface area contributed by atoms with E-state index in [1.807, 2.05) is 31.2 Å². The van der Waals surface area contributed by atoms with E-state index in [1.165, 1.54) is 5.56 Å². The molecule has 1 aromatic rings. The van der Waals surface area contributed by atoms with Gasteiger partial charge in [0.1, 0.15) is 12.4 Å². The van der Waals surface area contributed by atoms with E-state index in [-0.39, 0.29) is 0 Å². The van der Waals surface area contributed by atoms with Gasteiger partial charge < -0.3 is 10.1 Å². The van der Waals surface area contributed by atoms with Crippen molar-refractivity contribution in [2.75, 3.05) is 19.7 Å². The van der Waals surface area contributed by atoms with Crippen LogP contribution in [0.4, 0.5) is 0 Å². The lowest BCUT2D eigenvalue weighted by molar-refractivity contribution is 0.314. The van der Waals surface area contributed by atoms with Crippen LogP contribution in [-0.4, -0.2) is 19.7 Å². The van der Waals surface area contributed by atoms with Gasteiger partial charge in [-0.2, -0.15) is 5.26 Å². The van der Waals surface area contributed by atoms with Crippen molar-refractivity contribution in [1.29, 1.82) is 5.26 Å². The summed E-state index contributed by atoms with van der Waals surface area (Å²) in [4.78, 5) is 0. The molecule has 0 heterocycles. The fourth-order valence-corrected chi connectivity index (χ4v) is 1.36. The summed E-state index contributed by atoms with van der Waals surface area (Å²) in [7, 11) is 0. The number of nitrogens with one attached hydrogen (secondary N) is 1.